The van der Waals surface area contributed by atoms with Gasteiger partial charge in [-0.1, -0.05) is 18.7 Å². The predicted octanol–water partition coefficient (Wildman–Crippen LogP) is 1.56. The first kappa shape index (κ1) is 11.7. The summed E-state index contributed by atoms with van der Waals surface area (Å²) in [6.45, 7) is 3.63. The van der Waals surface area contributed by atoms with Crippen LogP contribution in [0.3, 0.4) is 0 Å². The lowest BCUT2D eigenvalue weighted by atomic mass is 10.0. The molecule has 2 aliphatic heterocycles. The molecular weight excluding hydrogens is 222 g/mol. The molecule has 2 rings (SSSR count). The van der Waals surface area contributed by atoms with E-state index in [0.717, 1.165) is 6.42 Å². The van der Waals surface area contributed by atoms with Gasteiger partial charge in [0.15, 0.2) is 0 Å². The monoisotopic (exact) mass is 237 g/mol. The van der Waals surface area contributed by atoms with Crippen molar-refractivity contribution in [2.24, 2.45) is 0 Å². The fourth-order valence-electron chi connectivity index (χ4n) is 2.53. The summed E-state index contributed by atoms with van der Waals surface area (Å²) in [7, 11) is 0. The fraction of sp³-hybridized carbons (Fsp3) is 0.500. The topological polar surface area (TPSA) is 66.8 Å². The largest absolute Gasteiger partial charge is 0.478 e. The molecule has 2 atom stereocenters. The summed E-state index contributed by atoms with van der Waals surface area (Å²) in [4.78, 5) is 24.4. The number of carbonyl (C=O) groups excluding carboxylic acids is 1. The first-order valence-corrected chi connectivity index (χ1v) is 5.64. The first-order valence-electron chi connectivity index (χ1n) is 5.64. The second kappa shape index (κ2) is 4.61. The number of hydrogen-bond donors (Lipinski definition) is 1. The second-order valence-electron chi connectivity index (χ2n) is 4.22. The number of aliphatic carboxylic acids is 1. The van der Waals surface area contributed by atoms with Crippen LogP contribution in [0.15, 0.2) is 24.3 Å². The molecule has 17 heavy (non-hydrogen) atoms. The smallest absolute Gasteiger partial charge is 0.410 e. The van der Waals surface area contributed by atoms with Crippen molar-refractivity contribution in [1.82, 2.24) is 4.90 Å². The number of nitrogens with zero attached hydrogens (tertiary/aromatic N) is 1. The average molecular weight is 237 g/mol. The first-order chi connectivity index (χ1) is 8.15. The molecular formula is C12H15NO4. The molecule has 2 bridgehead atoms. The standard InChI is InChI=1S/C12H15NO4/c1-2-7-17-12(16)13-8-3-5-9(11(14)15)10(13)6-4-8/h2,5,8,10H,1,3-4,6-7H2,(H,14,15). The minimum atomic E-state index is -0.947. The van der Waals surface area contributed by atoms with E-state index in [1.165, 1.54) is 6.08 Å². The highest BCUT2D eigenvalue weighted by Crippen LogP contribution is 2.36. The predicted molar refractivity (Wildman–Crippen MR) is 60.5 cm³/mol. The summed E-state index contributed by atoms with van der Waals surface area (Å²) in [6, 6.07) is -0.246. The Balaban J connectivity index is 2.14. The average Bonchev–Trinajstić information content (AvgIpc) is 2.59. The summed E-state index contributed by atoms with van der Waals surface area (Å²) in [5, 5.41) is 9.07. The van der Waals surface area contributed by atoms with Gasteiger partial charge in [0.1, 0.15) is 6.61 Å². The number of carbonyl (C=O) groups is 2. The number of hydrogen-bond acceptors (Lipinski definition) is 3. The molecule has 0 aliphatic carbocycles. The SMILES string of the molecule is C=CCOC(=O)N1C2CC=C(C(=O)O)C1CC2. The molecule has 92 valence electrons. The van der Waals surface area contributed by atoms with E-state index in [2.05, 4.69) is 6.58 Å². The molecule has 0 radical (unpaired) electrons. The van der Waals surface area contributed by atoms with Crippen molar-refractivity contribution >= 4 is 12.1 Å². The van der Waals surface area contributed by atoms with Gasteiger partial charge in [0.2, 0.25) is 0 Å². The molecule has 0 saturated carbocycles. The zero-order valence-corrected chi connectivity index (χ0v) is 9.46. The summed E-state index contributed by atoms with van der Waals surface area (Å²) in [5.41, 5.74) is 0.314. The van der Waals surface area contributed by atoms with Crippen LogP contribution >= 0.6 is 0 Å². The summed E-state index contributed by atoms with van der Waals surface area (Å²) in [6.07, 6.45) is 4.91. The molecule has 5 nitrogen and oxygen atoms in total. The maximum Gasteiger partial charge on any atom is 0.410 e. The molecule has 2 aliphatic rings. The number of carboxylic acids is 1. The third-order valence-corrected chi connectivity index (χ3v) is 3.25. The minimum Gasteiger partial charge on any atom is -0.478 e. The van der Waals surface area contributed by atoms with Crippen LogP contribution < -0.4 is 0 Å². The van der Waals surface area contributed by atoms with Crippen molar-refractivity contribution in [3.8, 4) is 0 Å². The van der Waals surface area contributed by atoms with E-state index < -0.39 is 12.1 Å². The van der Waals surface area contributed by atoms with Gasteiger partial charge >= 0.3 is 12.1 Å². The van der Waals surface area contributed by atoms with E-state index in [4.69, 9.17) is 9.84 Å². The molecule has 1 fully saturated rings. The van der Waals surface area contributed by atoms with E-state index in [-0.39, 0.29) is 18.7 Å². The van der Waals surface area contributed by atoms with Crippen LogP contribution in [0.25, 0.3) is 0 Å². The summed E-state index contributed by atoms with van der Waals surface area (Å²) >= 11 is 0. The molecule has 2 unspecified atom stereocenters. The molecule has 1 saturated heterocycles. The van der Waals surface area contributed by atoms with Crippen molar-refractivity contribution in [1.29, 1.82) is 0 Å². The Kier molecular flexibility index (Phi) is 3.17. The number of amides is 1. The number of carboxylic acid groups (broad SMARTS) is 1. The molecule has 0 aromatic carbocycles. The Labute approximate surface area is 99.4 Å². The Morgan fingerprint density at radius 2 is 2.35 bits per heavy atom. The molecule has 0 aromatic rings. The molecule has 5 heteroatoms. The molecule has 2 heterocycles. The van der Waals surface area contributed by atoms with Crippen molar-refractivity contribution in [3.63, 3.8) is 0 Å². The van der Waals surface area contributed by atoms with Gasteiger partial charge in [-0.2, -0.15) is 0 Å². The normalized spacial score (nSPS) is 26.4. The molecule has 1 N–H and O–H groups in total. The van der Waals surface area contributed by atoms with Crippen LogP contribution in [0.1, 0.15) is 19.3 Å². The lowest BCUT2D eigenvalue weighted by Crippen LogP contribution is -2.45. The Morgan fingerprint density at radius 3 is 3.00 bits per heavy atom. The zero-order valence-electron chi connectivity index (χ0n) is 9.46. The van der Waals surface area contributed by atoms with E-state index in [1.807, 2.05) is 0 Å². The van der Waals surface area contributed by atoms with E-state index in [1.54, 1.807) is 11.0 Å². The lowest BCUT2D eigenvalue weighted by molar-refractivity contribution is -0.133. The van der Waals surface area contributed by atoms with Crippen LogP contribution in [0.2, 0.25) is 0 Å². The quantitative estimate of drug-likeness (QED) is 0.756. The Bertz CT molecular complexity index is 388. The summed E-state index contributed by atoms with van der Waals surface area (Å²) in [5.74, 6) is -0.947. The van der Waals surface area contributed by atoms with Gasteiger partial charge in [0.25, 0.3) is 0 Å². The van der Waals surface area contributed by atoms with E-state index in [9.17, 15) is 9.59 Å². The minimum absolute atomic E-state index is 0.0837. The number of ether oxygens (including phenoxy) is 1. The van der Waals surface area contributed by atoms with Crippen molar-refractivity contribution in [2.45, 2.75) is 31.3 Å². The number of rotatable bonds is 3. The highest BCUT2D eigenvalue weighted by molar-refractivity contribution is 5.89. The maximum absolute atomic E-state index is 11.8. The fourth-order valence-corrected chi connectivity index (χ4v) is 2.53. The third kappa shape index (κ3) is 2.05. The van der Waals surface area contributed by atoms with E-state index >= 15 is 0 Å². The van der Waals surface area contributed by atoms with Crippen LogP contribution in [-0.4, -0.2) is 40.8 Å². The number of fused-ring (bicyclic) bond motifs is 2. The third-order valence-electron chi connectivity index (χ3n) is 3.25. The van der Waals surface area contributed by atoms with Crippen LogP contribution in [0.5, 0.6) is 0 Å². The van der Waals surface area contributed by atoms with Crippen LogP contribution in [-0.2, 0) is 9.53 Å². The van der Waals surface area contributed by atoms with Gasteiger partial charge < -0.3 is 9.84 Å². The Hall–Kier alpha value is -1.78. The van der Waals surface area contributed by atoms with Gasteiger partial charge in [0, 0.05) is 6.04 Å². The maximum atomic E-state index is 11.8. The summed E-state index contributed by atoms with van der Waals surface area (Å²) < 4.78 is 4.99. The molecule has 0 aromatic heterocycles. The van der Waals surface area contributed by atoms with Crippen LogP contribution in [0, 0.1) is 0 Å². The van der Waals surface area contributed by atoms with Crippen molar-refractivity contribution in [3.05, 3.63) is 24.3 Å². The van der Waals surface area contributed by atoms with Gasteiger partial charge in [-0.05, 0) is 19.3 Å². The second-order valence-corrected chi connectivity index (χ2v) is 4.22. The van der Waals surface area contributed by atoms with Gasteiger partial charge in [-0.3, -0.25) is 4.90 Å². The molecule has 1 amide bonds. The van der Waals surface area contributed by atoms with Gasteiger partial charge in [0.05, 0.1) is 11.6 Å². The van der Waals surface area contributed by atoms with Gasteiger partial charge in [-0.15, -0.1) is 0 Å². The van der Waals surface area contributed by atoms with E-state index in [0.29, 0.717) is 18.4 Å². The lowest BCUT2D eigenvalue weighted by Gasteiger charge is -2.32. The van der Waals surface area contributed by atoms with Crippen molar-refractivity contribution < 1.29 is 19.4 Å². The zero-order chi connectivity index (χ0) is 12.4. The van der Waals surface area contributed by atoms with Crippen LogP contribution in [0.4, 0.5) is 4.79 Å². The molecule has 0 spiro atoms. The van der Waals surface area contributed by atoms with Gasteiger partial charge in [-0.25, -0.2) is 9.59 Å². The highest BCUT2D eigenvalue weighted by atomic mass is 16.6. The highest BCUT2D eigenvalue weighted by Gasteiger charge is 2.43. The Morgan fingerprint density at radius 1 is 1.59 bits per heavy atom. The van der Waals surface area contributed by atoms with Crippen molar-refractivity contribution in [2.75, 3.05) is 6.61 Å².